The van der Waals surface area contributed by atoms with E-state index in [1.54, 1.807) is 6.92 Å². The molecule has 3 aromatic rings. The number of carbonyl (C=O) groups is 1. The second kappa shape index (κ2) is 9.72. The highest BCUT2D eigenvalue weighted by Gasteiger charge is 2.13. The molecule has 1 atom stereocenters. The zero-order valence-electron chi connectivity index (χ0n) is 16.0. The highest BCUT2D eigenvalue weighted by Crippen LogP contribution is 2.26. The average molecular weight is 375 g/mol. The van der Waals surface area contributed by atoms with Crippen molar-refractivity contribution in [3.63, 3.8) is 0 Å². The van der Waals surface area contributed by atoms with Crippen molar-refractivity contribution in [2.75, 3.05) is 6.61 Å². The highest BCUT2D eigenvalue weighted by atomic mass is 16.5. The lowest BCUT2D eigenvalue weighted by molar-refractivity contribution is -0.143. The number of nitrogens with two attached hydrogens (primary N) is 1. The number of carbonyl (C=O) groups excluding carboxylic acids is 1. The van der Waals surface area contributed by atoms with E-state index in [1.807, 2.05) is 78.9 Å². The van der Waals surface area contributed by atoms with Gasteiger partial charge in [-0.3, -0.25) is 4.79 Å². The molecule has 0 saturated carbocycles. The van der Waals surface area contributed by atoms with Gasteiger partial charge in [-0.1, -0.05) is 60.7 Å². The van der Waals surface area contributed by atoms with Gasteiger partial charge in [-0.05, 0) is 47.4 Å². The van der Waals surface area contributed by atoms with Gasteiger partial charge in [0, 0.05) is 6.04 Å². The third-order valence-corrected chi connectivity index (χ3v) is 4.44. The molecule has 0 aliphatic carbocycles. The Morgan fingerprint density at radius 1 is 0.929 bits per heavy atom. The lowest BCUT2D eigenvalue weighted by atomic mass is 9.98. The smallest absolute Gasteiger partial charge is 0.307 e. The molecule has 3 aromatic carbocycles. The quantitative estimate of drug-likeness (QED) is 0.570. The number of esters is 1. The predicted molar refractivity (Wildman–Crippen MR) is 111 cm³/mol. The van der Waals surface area contributed by atoms with Gasteiger partial charge in [-0.25, -0.2) is 0 Å². The van der Waals surface area contributed by atoms with Crippen LogP contribution in [0.1, 0.15) is 30.5 Å². The average Bonchev–Trinajstić information content (AvgIpc) is 2.73. The van der Waals surface area contributed by atoms with Crippen LogP contribution in [0.25, 0.3) is 11.1 Å². The van der Waals surface area contributed by atoms with Crippen LogP contribution < -0.4 is 10.5 Å². The first-order valence-electron chi connectivity index (χ1n) is 9.44. The van der Waals surface area contributed by atoms with Crippen molar-refractivity contribution in [3.8, 4) is 16.9 Å². The lowest BCUT2D eigenvalue weighted by Gasteiger charge is -2.13. The molecule has 0 saturated heterocycles. The van der Waals surface area contributed by atoms with E-state index in [2.05, 4.69) is 0 Å². The van der Waals surface area contributed by atoms with Gasteiger partial charge >= 0.3 is 5.97 Å². The Bertz CT molecular complexity index is 891. The molecule has 3 rings (SSSR count). The molecule has 0 bridgehead atoms. The van der Waals surface area contributed by atoms with E-state index < -0.39 is 0 Å². The summed E-state index contributed by atoms with van der Waals surface area (Å²) in [6.07, 6.45) is 0.170. The minimum absolute atomic E-state index is 0.170. The molecule has 144 valence electrons. The molecule has 0 amide bonds. The van der Waals surface area contributed by atoms with Crippen molar-refractivity contribution < 1.29 is 14.3 Å². The molecule has 0 aliphatic rings. The van der Waals surface area contributed by atoms with Crippen LogP contribution in [0.2, 0.25) is 0 Å². The number of rotatable bonds is 8. The maximum Gasteiger partial charge on any atom is 0.307 e. The Morgan fingerprint density at radius 3 is 2.39 bits per heavy atom. The molecule has 4 heteroatoms. The molecule has 2 N–H and O–H groups in total. The first-order chi connectivity index (χ1) is 13.7. The Balaban J connectivity index is 1.65. The molecule has 0 fully saturated rings. The molecular weight excluding hydrogens is 350 g/mol. The summed E-state index contributed by atoms with van der Waals surface area (Å²) in [5, 5.41) is 0. The Labute approximate surface area is 165 Å². The Hall–Kier alpha value is -3.11. The van der Waals surface area contributed by atoms with E-state index in [-0.39, 0.29) is 18.4 Å². The maximum absolute atomic E-state index is 11.7. The zero-order chi connectivity index (χ0) is 19.8. The maximum atomic E-state index is 11.7. The van der Waals surface area contributed by atoms with Crippen molar-refractivity contribution in [1.29, 1.82) is 0 Å². The van der Waals surface area contributed by atoms with Gasteiger partial charge in [0.2, 0.25) is 0 Å². The second-order valence-corrected chi connectivity index (χ2v) is 6.54. The van der Waals surface area contributed by atoms with Crippen LogP contribution in [0.3, 0.4) is 0 Å². The molecule has 0 spiro atoms. The summed E-state index contributed by atoms with van der Waals surface area (Å²) in [5.74, 6) is 0.545. The predicted octanol–water partition coefficient (Wildman–Crippen LogP) is 4.89. The van der Waals surface area contributed by atoms with Crippen LogP contribution in [-0.2, 0) is 16.1 Å². The third-order valence-electron chi connectivity index (χ3n) is 4.44. The molecular formula is C24H25NO3. The number of hydrogen-bond acceptors (Lipinski definition) is 4. The monoisotopic (exact) mass is 375 g/mol. The van der Waals surface area contributed by atoms with Gasteiger partial charge in [-0.2, -0.15) is 0 Å². The van der Waals surface area contributed by atoms with Crippen molar-refractivity contribution >= 4 is 5.97 Å². The summed E-state index contributed by atoms with van der Waals surface area (Å²) in [6.45, 7) is 2.69. The molecule has 28 heavy (non-hydrogen) atoms. The van der Waals surface area contributed by atoms with Gasteiger partial charge in [0.05, 0.1) is 13.0 Å². The van der Waals surface area contributed by atoms with Crippen molar-refractivity contribution in [2.24, 2.45) is 5.73 Å². The summed E-state index contributed by atoms with van der Waals surface area (Å²) in [7, 11) is 0. The van der Waals surface area contributed by atoms with Crippen LogP contribution in [0.4, 0.5) is 0 Å². The van der Waals surface area contributed by atoms with E-state index in [0.29, 0.717) is 13.2 Å². The van der Waals surface area contributed by atoms with Crippen LogP contribution in [-0.4, -0.2) is 12.6 Å². The van der Waals surface area contributed by atoms with Crippen LogP contribution in [0.5, 0.6) is 5.75 Å². The molecule has 0 radical (unpaired) electrons. The fourth-order valence-corrected chi connectivity index (χ4v) is 2.95. The molecule has 4 nitrogen and oxygen atoms in total. The normalized spacial score (nSPS) is 11.6. The summed E-state index contributed by atoms with van der Waals surface area (Å²) in [6, 6.07) is 25.6. The SMILES string of the molecule is CCOC(=O)CC(N)c1cccc(-c2ccc(OCc3ccccc3)cc2)c1. The second-order valence-electron chi connectivity index (χ2n) is 6.54. The number of ether oxygens (including phenoxy) is 2. The van der Waals surface area contributed by atoms with Gasteiger partial charge in [0.1, 0.15) is 12.4 Å². The topological polar surface area (TPSA) is 61.5 Å². The number of hydrogen-bond donors (Lipinski definition) is 1. The van der Waals surface area contributed by atoms with Gasteiger partial charge in [0.25, 0.3) is 0 Å². The number of benzene rings is 3. The summed E-state index contributed by atoms with van der Waals surface area (Å²) >= 11 is 0. The summed E-state index contributed by atoms with van der Waals surface area (Å²) < 4.78 is 10.8. The van der Waals surface area contributed by atoms with Gasteiger partial charge in [0.15, 0.2) is 0 Å². The van der Waals surface area contributed by atoms with Crippen molar-refractivity contribution in [3.05, 3.63) is 90.0 Å². The Morgan fingerprint density at radius 2 is 1.68 bits per heavy atom. The summed E-state index contributed by atoms with van der Waals surface area (Å²) in [4.78, 5) is 11.7. The lowest BCUT2D eigenvalue weighted by Crippen LogP contribution is -2.17. The van der Waals surface area contributed by atoms with Gasteiger partial charge < -0.3 is 15.2 Å². The van der Waals surface area contributed by atoms with E-state index in [1.165, 1.54) is 0 Å². The minimum atomic E-state index is -0.382. The van der Waals surface area contributed by atoms with Crippen molar-refractivity contribution in [2.45, 2.75) is 26.0 Å². The highest BCUT2D eigenvalue weighted by molar-refractivity contribution is 5.71. The molecule has 0 aromatic heterocycles. The van der Waals surface area contributed by atoms with Crippen LogP contribution in [0, 0.1) is 0 Å². The molecule has 0 aliphatic heterocycles. The fraction of sp³-hybridized carbons (Fsp3) is 0.208. The zero-order valence-corrected chi connectivity index (χ0v) is 16.0. The van der Waals surface area contributed by atoms with Gasteiger partial charge in [-0.15, -0.1) is 0 Å². The van der Waals surface area contributed by atoms with E-state index in [4.69, 9.17) is 15.2 Å². The Kier molecular flexibility index (Phi) is 6.82. The molecule has 1 unspecified atom stereocenters. The minimum Gasteiger partial charge on any atom is -0.489 e. The fourth-order valence-electron chi connectivity index (χ4n) is 2.95. The van der Waals surface area contributed by atoms with Crippen LogP contribution in [0.15, 0.2) is 78.9 Å². The summed E-state index contributed by atoms with van der Waals surface area (Å²) in [5.41, 5.74) is 10.3. The van der Waals surface area contributed by atoms with E-state index in [9.17, 15) is 4.79 Å². The first kappa shape index (κ1) is 19.6. The van der Waals surface area contributed by atoms with E-state index in [0.717, 1.165) is 28.0 Å². The van der Waals surface area contributed by atoms with E-state index >= 15 is 0 Å². The standard InChI is InChI=1S/C24H25NO3/c1-2-27-24(26)16-23(25)21-10-6-9-20(15-21)19-11-13-22(14-12-19)28-17-18-7-4-3-5-8-18/h3-15,23H,2,16-17,25H2,1H3. The van der Waals surface area contributed by atoms with Crippen molar-refractivity contribution in [1.82, 2.24) is 0 Å². The third kappa shape index (κ3) is 5.44. The first-order valence-corrected chi connectivity index (χ1v) is 9.44. The van der Waals surface area contributed by atoms with Crippen LogP contribution >= 0.6 is 0 Å². The molecule has 0 heterocycles. The largest absolute Gasteiger partial charge is 0.489 e.